The molecule has 1 fully saturated rings. The highest BCUT2D eigenvalue weighted by Crippen LogP contribution is 2.49. The lowest BCUT2D eigenvalue weighted by Crippen LogP contribution is -2.11. The fourth-order valence-electron chi connectivity index (χ4n) is 2.34. The number of nitriles is 1. The summed E-state index contributed by atoms with van der Waals surface area (Å²) in [6.07, 6.45) is 4.21. The first-order valence-electron chi connectivity index (χ1n) is 6.63. The predicted octanol–water partition coefficient (Wildman–Crippen LogP) is 2.55. The minimum atomic E-state index is -0.438. The van der Waals surface area contributed by atoms with E-state index in [9.17, 15) is 10.1 Å². The molecule has 1 aliphatic rings. The van der Waals surface area contributed by atoms with Crippen LogP contribution in [0, 0.1) is 26.9 Å². The molecule has 1 aliphatic carbocycles. The summed E-state index contributed by atoms with van der Waals surface area (Å²) < 4.78 is 1.72. The average Bonchev–Trinajstić information content (AvgIpc) is 3.06. The fourth-order valence-corrected chi connectivity index (χ4v) is 2.34. The van der Waals surface area contributed by atoms with Gasteiger partial charge in [-0.2, -0.15) is 10.4 Å². The molecule has 0 amide bonds. The normalized spacial score (nSPS) is 15.4. The molecule has 1 aromatic heterocycles. The summed E-state index contributed by atoms with van der Waals surface area (Å²) in [6, 6.07) is 8.47. The Bertz CT molecular complexity index is 727. The zero-order chi connectivity index (χ0) is 14.9. The molecule has 0 radical (unpaired) electrons. The van der Waals surface area contributed by atoms with Crippen molar-refractivity contribution in [2.24, 2.45) is 5.41 Å². The number of hydrogen-bond acceptors (Lipinski definition) is 5. The van der Waals surface area contributed by atoms with Crippen LogP contribution in [-0.4, -0.2) is 19.7 Å². The van der Waals surface area contributed by atoms with Crippen LogP contribution in [0.3, 0.4) is 0 Å². The SMILES string of the molecule is N#CCC1(Cn2cnc(-c3cccc([N+](=O)[O-])c3)n2)CC1. The van der Waals surface area contributed by atoms with Crippen molar-refractivity contribution >= 4 is 5.69 Å². The van der Waals surface area contributed by atoms with Crippen LogP contribution >= 0.6 is 0 Å². The molecule has 3 rings (SSSR count). The average molecular weight is 283 g/mol. The van der Waals surface area contributed by atoms with Gasteiger partial charge in [0, 0.05) is 36.1 Å². The molecule has 0 bridgehead atoms. The molecule has 0 unspecified atom stereocenters. The Kier molecular flexibility index (Phi) is 3.14. The highest BCUT2D eigenvalue weighted by Gasteiger charge is 2.43. The van der Waals surface area contributed by atoms with Crippen molar-refractivity contribution in [1.29, 1.82) is 5.26 Å². The molecule has 0 N–H and O–H groups in total. The van der Waals surface area contributed by atoms with Gasteiger partial charge in [0.25, 0.3) is 5.69 Å². The summed E-state index contributed by atoms with van der Waals surface area (Å²) in [5.74, 6) is 0.464. The maximum Gasteiger partial charge on any atom is 0.270 e. The number of rotatable bonds is 5. The van der Waals surface area contributed by atoms with E-state index in [2.05, 4.69) is 16.2 Å². The van der Waals surface area contributed by atoms with E-state index < -0.39 is 4.92 Å². The number of nitrogens with zero attached hydrogens (tertiary/aromatic N) is 5. The Hall–Kier alpha value is -2.75. The van der Waals surface area contributed by atoms with Crippen molar-refractivity contribution < 1.29 is 4.92 Å². The molecule has 106 valence electrons. The number of nitro benzene ring substituents is 1. The fraction of sp³-hybridized carbons (Fsp3) is 0.357. The third kappa shape index (κ3) is 2.74. The minimum Gasteiger partial charge on any atom is -0.258 e. The Morgan fingerprint density at radius 1 is 1.48 bits per heavy atom. The van der Waals surface area contributed by atoms with Crippen molar-refractivity contribution in [3.8, 4) is 17.5 Å². The lowest BCUT2D eigenvalue weighted by molar-refractivity contribution is -0.384. The van der Waals surface area contributed by atoms with E-state index in [4.69, 9.17) is 5.26 Å². The largest absolute Gasteiger partial charge is 0.270 e. The summed E-state index contributed by atoms with van der Waals surface area (Å²) in [5, 5.41) is 24.0. The van der Waals surface area contributed by atoms with Gasteiger partial charge in [0.2, 0.25) is 0 Å². The van der Waals surface area contributed by atoms with Crippen molar-refractivity contribution in [2.45, 2.75) is 25.8 Å². The molecule has 0 saturated heterocycles. The van der Waals surface area contributed by atoms with E-state index >= 15 is 0 Å². The van der Waals surface area contributed by atoms with Gasteiger partial charge in [0.1, 0.15) is 6.33 Å². The number of nitro groups is 1. The molecule has 0 aliphatic heterocycles. The minimum absolute atomic E-state index is 0.0204. The molecular weight excluding hydrogens is 270 g/mol. The van der Waals surface area contributed by atoms with Crippen molar-refractivity contribution in [1.82, 2.24) is 14.8 Å². The van der Waals surface area contributed by atoms with Crippen molar-refractivity contribution in [2.75, 3.05) is 0 Å². The van der Waals surface area contributed by atoms with E-state index in [1.165, 1.54) is 12.1 Å². The molecule has 0 atom stereocenters. The van der Waals surface area contributed by atoms with Gasteiger partial charge in [-0.25, -0.2) is 4.98 Å². The second-order valence-electron chi connectivity index (χ2n) is 5.41. The maximum absolute atomic E-state index is 10.8. The molecule has 7 nitrogen and oxygen atoms in total. The summed E-state index contributed by atoms with van der Waals surface area (Å²) >= 11 is 0. The van der Waals surface area contributed by atoms with Crippen molar-refractivity contribution in [3.05, 3.63) is 40.7 Å². The van der Waals surface area contributed by atoms with Crippen LogP contribution in [0.25, 0.3) is 11.4 Å². The first-order chi connectivity index (χ1) is 10.1. The van der Waals surface area contributed by atoms with Crippen LogP contribution < -0.4 is 0 Å². The maximum atomic E-state index is 10.8. The lowest BCUT2D eigenvalue weighted by atomic mass is 10.0. The third-order valence-corrected chi connectivity index (χ3v) is 3.76. The van der Waals surface area contributed by atoms with Gasteiger partial charge < -0.3 is 0 Å². The highest BCUT2D eigenvalue weighted by atomic mass is 16.6. The first-order valence-corrected chi connectivity index (χ1v) is 6.63. The van der Waals surface area contributed by atoms with Crippen LogP contribution in [-0.2, 0) is 6.54 Å². The van der Waals surface area contributed by atoms with Crippen LogP contribution in [0.15, 0.2) is 30.6 Å². The summed E-state index contributed by atoms with van der Waals surface area (Å²) in [7, 11) is 0. The summed E-state index contributed by atoms with van der Waals surface area (Å²) in [4.78, 5) is 14.6. The van der Waals surface area contributed by atoms with E-state index in [1.54, 1.807) is 23.1 Å². The monoisotopic (exact) mass is 283 g/mol. The highest BCUT2D eigenvalue weighted by molar-refractivity contribution is 5.58. The molecule has 1 heterocycles. The Morgan fingerprint density at radius 2 is 2.29 bits per heavy atom. The van der Waals surface area contributed by atoms with Crippen molar-refractivity contribution in [3.63, 3.8) is 0 Å². The van der Waals surface area contributed by atoms with Crippen LogP contribution in [0.4, 0.5) is 5.69 Å². The second kappa shape index (κ2) is 4.98. The number of hydrogen-bond donors (Lipinski definition) is 0. The number of benzene rings is 1. The molecular formula is C14H13N5O2. The second-order valence-corrected chi connectivity index (χ2v) is 5.41. The van der Waals surface area contributed by atoms with Gasteiger partial charge in [-0.05, 0) is 12.8 Å². The smallest absolute Gasteiger partial charge is 0.258 e. The van der Waals surface area contributed by atoms with Crippen LogP contribution in [0.2, 0.25) is 0 Å². The Labute approximate surface area is 121 Å². The first kappa shape index (κ1) is 13.2. The van der Waals surface area contributed by atoms with Gasteiger partial charge in [-0.15, -0.1) is 0 Å². The van der Waals surface area contributed by atoms with E-state index in [1.807, 2.05) is 0 Å². The number of non-ortho nitro benzene ring substituents is 1. The molecule has 21 heavy (non-hydrogen) atoms. The number of aromatic nitrogens is 3. The predicted molar refractivity (Wildman–Crippen MR) is 74.0 cm³/mol. The Balaban J connectivity index is 1.81. The van der Waals surface area contributed by atoms with Crippen LogP contribution in [0.1, 0.15) is 19.3 Å². The zero-order valence-corrected chi connectivity index (χ0v) is 11.3. The quantitative estimate of drug-likeness (QED) is 0.620. The van der Waals surface area contributed by atoms with Gasteiger partial charge in [-0.3, -0.25) is 14.8 Å². The van der Waals surface area contributed by atoms with Crippen LogP contribution in [0.5, 0.6) is 0 Å². The molecule has 1 saturated carbocycles. The molecule has 1 aromatic carbocycles. The van der Waals surface area contributed by atoms with E-state index in [0.717, 1.165) is 12.8 Å². The summed E-state index contributed by atoms with van der Waals surface area (Å²) in [5.41, 5.74) is 0.683. The molecule has 0 spiro atoms. The lowest BCUT2D eigenvalue weighted by Gasteiger charge is -2.09. The third-order valence-electron chi connectivity index (χ3n) is 3.76. The van der Waals surface area contributed by atoms with Gasteiger partial charge in [0.15, 0.2) is 5.82 Å². The van der Waals surface area contributed by atoms with E-state index in [-0.39, 0.29) is 11.1 Å². The Morgan fingerprint density at radius 3 is 2.95 bits per heavy atom. The van der Waals surface area contributed by atoms with Gasteiger partial charge in [0.05, 0.1) is 11.0 Å². The topological polar surface area (TPSA) is 97.6 Å². The van der Waals surface area contributed by atoms with E-state index in [0.29, 0.717) is 24.4 Å². The van der Waals surface area contributed by atoms with Gasteiger partial charge >= 0.3 is 0 Å². The molecule has 7 heteroatoms. The summed E-state index contributed by atoms with van der Waals surface area (Å²) in [6.45, 7) is 0.669. The zero-order valence-electron chi connectivity index (χ0n) is 11.3. The standard InChI is InChI=1S/C14H13N5O2/c15-7-6-14(4-5-14)9-18-10-16-13(17-18)11-2-1-3-12(8-11)19(20)21/h1-3,8,10H,4-6,9H2. The molecule has 2 aromatic rings. The van der Waals surface area contributed by atoms with Gasteiger partial charge in [-0.1, -0.05) is 12.1 Å².